The molecule has 3 aliphatic rings. The fourth-order valence-electron chi connectivity index (χ4n) is 4.98. The van der Waals surface area contributed by atoms with Crippen LogP contribution >= 0.6 is 11.8 Å². The Hall–Kier alpha value is -3.00. The van der Waals surface area contributed by atoms with Gasteiger partial charge in [0.1, 0.15) is 18.2 Å². The van der Waals surface area contributed by atoms with Gasteiger partial charge in [0.15, 0.2) is 0 Å². The smallest absolute Gasteiger partial charge is 0.408 e. The average Bonchev–Trinajstić information content (AvgIpc) is 3.47. The van der Waals surface area contributed by atoms with E-state index in [1.54, 1.807) is 6.92 Å². The van der Waals surface area contributed by atoms with Gasteiger partial charge in [0.05, 0.1) is 5.88 Å². The largest absolute Gasteiger partial charge is 0.480 e. The standard InChI is InChI=1S/C25H26N2O5S/c1-25(15-10-11-15,23(30)27-14-33-13-21(27)22(28)29)26-24(31)32-12-20-18-8-4-2-6-16(18)17-7-3-5-9-19(17)20/h2-9,15,20-21H,10-14H2,1H3,(H,26,31)(H,28,29). The maximum absolute atomic E-state index is 13.4. The van der Waals surface area contributed by atoms with E-state index in [9.17, 15) is 19.5 Å². The van der Waals surface area contributed by atoms with Crippen LogP contribution in [0.15, 0.2) is 48.5 Å². The SMILES string of the molecule is CC(NC(=O)OCC1c2ccccc2-c2ccccc21)(C(=O)N1CSCC1C(=O)O)C1CC1. The Bertz CT molecular complexity index is 1070. The third-order valence-corrected chi connectivity index (χ3v) is 7.98. The molecule has 0 spiro atoms. The Balaban J connectivity index is 1.30. The number of carboxylic acids is 1. The van der Waals surface area contributed by atoms with E-state index in [0.29, 0.717) is 11.6 Å². The van der Waals surface area contributed by atoms with E-state index in [1.165, 1.54) is 16.7 Å². The summed E-state index contributed by atoms with van der Waals surface area (Å²) in [5.41, 5.74) is 3.34. The molecule has 0 radical (unpaired) electrons. The van der Waals surface area contributed by atoms with Gasteiger partial charge in [-0.3, -0.25) is 4.79 Å². The summed E-state index contributed by atoms with van der Waals surface area (Å²) < 4.78 is 5.66. The quantitative estimate of drug-likeness (QED) is 0.674. The van der Waals surface area contributed by atoms with E-state index in [0.717, 1.165) is 35.1 Å². The third kappa shape index (κ3) is 3.86. The van der Waals surface area contributed by atoms with Gasteiger partial charge in [-0.15, -0.1) is 11.8 Å². The van der Waals surface area contributed by atoms with Crippen molar-refractivity contribution in [1.82, 2.24) is 10.2 Å². The second-order valence-electron chi connectivity index (χ2n) is 9.06. The lowest BCUT2D eigenvalue weighted by molar-refractivity contribution is -0.150. The van der Waals surface area contributed by atoms with Crippen LogP contribution in [0.5, 0.6) is 0 Å². The molecule has 2 amide bonds. The van der Waals surface area contributed by atoms with Crippen LogP contribution in [0.4, 0.5) is 4.79 Å². The number of aliphatic carboxylic acids is 1. The number of nitrogens with zero attached hydrogens (tertiary/aromatic N) is 1. The van der Waals surface area contributed by atoms with Crippen molar-refractivity contribution in [2.75, 3.05) is 18.2 Å². The van der Waals surface area contributed by atoms with Crippen LogP contribution in [0.1, 0.15) is 36.8 Å². The maximum atomic E-state index is 13.4. The van der Waals surface area contributed by atoms with E-state index in [-0.39, 0.29) is 24.3 Å². The van der Waals surface area contributed by atoms with E-state index in [4.69, 9.17) is 4.74 Å². The molecule has 1 saturated heterocycles. The minimum atomic E-state index is -1.18. The maximum Gasteiger partial charge on any atom is 0.408 e. The summed E-state index contributed by atoms with van der Waals surface area (Å²) in [7, 11) is 0. The van der Waals surface area contributed by atoms with Gasteiger partial charge >= 0.3 is 12.1 Å². The topological polar surface area (TPSA) is 95.9 Å². The van der Waals surface area contributed by atoms with Crippen molar-refractivity contribution in [3.05, 3.63) is 59.7 Å². The monoisotopic (exact) mass is 466 g/mol. The Morgan fingerprint density at radius 3 is 2.27 bits per heavy atom. The zero-order valence-corrected chi connectivity index (χ0v) is 19.1. The molecule has 0 bridgehead atoms. The summed E-state index contributed by atoms with van der Waals surface area (Å²) in [4.78, 5) is 39.2. The van der Waals surface area contributed by atoms with Gasteiger partial charge in [0, 0.05) is 11.7 Å². The van der Waals surface area contributed by atoms with Gasteiger partial charge in [0.25, 0.3) is 0 Å². The number of alkyl carbamates (subject to hydrolysis) is 1. The van der Waals surface area contributed by atoms with Gasteiger partial charge in [0.2, 0.25) is 5.91 Å². The molecule has 2 aromatic rings. The molecule has 33 heavy (non-hydrogen) atoms. The summed E-state index contributed by atoms with van der Waals surface area (Å²) in [5.74, 6) is -0.802. The van der Waals surface area contributed by atoms with Crippen LogP contribution in [-0.2, 0) is 14.3 Å². The molecule has 1 heterocycles. The normalized spacial score (nSPS) is 21.1. The Morgan fingerprint density at radius 1 is 1.09 bits per heavy atom. The highest BCUT2D eigenvalue weighted by Crippen LogP contribution is 2.45. The molecule has 0 aromatic heterocycles. The van der Waals surface area contributed by atoms with Crippen molar-refractivity contribution in [3.63, 3.8) is 0 Å². The van der Waals surface area contributed by atoms with E-state index in [2.05, 4.69) is 29.6 Å². The minimum Gasteiger partial charge on any atom is -0.480 e. The Morgan fingerprint density at radius 2 is 1.70 bits per heavy atom. The van der Waals surface area contributed by atoms with Gasteiger partial charge in [-0.05, 0) is 47.9 Å². The molecular formula is C25H26N2O5S. The Kier molecular flexibility index (Phi) is 5.56. The van der Waals surface area contributed by atoms with Crippen molar-refractivity contribution in [1.29, 1.82) is 0 Å². The minimum absolute atomic E-state index is 0.0227. The molecule has 172 valence electrons. The first-order chi connectivity index (χ1) is 15.9. The predicted octanol–water partition coefficient (Wildman–Crippen LogP) is 3.68. The van der Waals surface area contributed by atoms with Crippen LogP contribution in [0, 0.1) is 5.92 Å². The molecular weight excluding hydrogens is 440 g/mol. The number of carbonyl (C=O) groups excluding carboxylic acids is 2. The fraction of sp³-hybridized carbons (Fsp3) is 0.400. The average molecular weight is 467 g/mol. The molecule has 8 heteroatoms. The number of benzene rings is 2. The molecule has 2 aromatic carbocycles. The summed E-state index contributed by atoms with van der Waals surface area (Å²) in [6, 6.07) is 15.3. The molecule has 1 saturated carbocycles. The van der Waals surface area contributed by atoms with Crippen molar-refractivity contribution in [2.24, 2.45) is 5.92 Å². The van der Waals surface area contributed by atoms with Crippen molar-refractivity contribution in [3.8, 4) is 11.1 Å². The fourth-order valence-corrected chi connectivity index (χ4v) is 6.13. The number of amides is 2. The molecule has 2 unspecified atom stereocenters. The molecule has 2 aliphatic carbocycles. The molecule has 2 atom stereocenters. The number of ether oxygens (including phenoxy) is 1. The third-order valence-electron chi connectivity index (χ3n) is 6.97. The number of carboxylic acid groups (broad SMARTS) is 1. The number of rotatable bonds is 6. The highest BCUT2D eigenvalue weighted by Gasteiger charge is 2.52. The van der Waals surface area contributed by atoms with Gasteiger partial charge in [-0.25, -0.2) is 9.59 Å². The molecule has 1 aliphatic heterocycles. The van der Waals surface area contributed by atoms with E-state index < -0.39 is 23.6 Å². The van der Waals surface area contributed by atoms with Crippen molar-refractivity contribution >= 4 is 29.7 Å². The molecule has 2 N–H and O–H groups in total. The van der Waals surface area contributed by atoms with Crippen molar-refractivity contribution in [2.45, 2.75) is 37.3 Å². The van der Waals surface area contributed by atoms with Crippen LogP contribution in [0.25, 0.3) is 11.1 Å². The molecule has 2 fully saturated rings. The second kappa shape index (κ2) is 8.41. The lowest BCUT2D eigenvalue weighted by Gasteiger charge is -2.34. The number of hydrogen-bond acceptors (Lipinski definition) is 5. The number of carbonyl (C=O) groups is 3. The first-order valence-corrected chi connectivity index (χ1v) is 12.3. The predicted molar refractivity (Wildman–Crippen MR) is 125 cm³/mol. The van der Waals surface area contributed by atoms with Crippen LogP contribution in [0.3, 0.4) is 0 Å². The van der Waals surface area contributed by atoms with Crippen molar-refractivity contribution < 1.29 is 24.2 Å². The highest BCUT2D eigenvalue weighted by atomic mass is 32.2. The lowest BCUT2D eigenvalue weighted by Crippen LogP contribution is -2.61. The summed E-state index contributed by atoms with van der Waals surface area (Å²) >= 11 is 1.41. The van der Waals surface area contributed by atoms with E-state index >= 15 is 0 Å². The zero-order valence-electron chi connectivity index (χ0n) is 18.3. The lowest BCUT2D eigenvalue weighted by atomic mass is 9.93. The van der Waals surface area contributed by atoms with Crippen LogP contribution in [0.2, 0.25) is 0 Å². The van der Waals surface area contributed by atoms with E-state index in [1.807, 2.05) is 24.3 Å². The zero-order chi connectivity index (χ0) is 23.2. The number of thioether (sulfide) groups is 1. The molecule has 5 rings (SSSR count). The van der Waals surface area contributed by atoms with Crippen LogP contribution < -0.4 is 5.32 Å². The molecule has 7 nitrogen and oxygen atoms in total. The van der Waals surface area contributed by atoms with Gasteiger partial charge < -0.3 is 20.1 Å². The van der Waals surface area contributed by atoms with Gasteiger partial charge in [-0.2, -0.15) is 0 Å². The Labute approximate surface area is 196 Å². The number of nitrogens with one attached hydrogen (secondary N) is 1. The summed E-state index contributed by atoms with van der Waals surface area (Å²) in [6.07, 6.45) is 0.966. The number of fused-ring (bicyclic) bond motifs is 3. The summed E-state index contributed by atoms with van der Waals surface area (Å²) in [5, 5.41) is 12.3. The first kappa shape index (κ1) is 21.8. The van der Waals surface area contributed by atoms with Crippen LogP contribution in [-0.4, -0.2) is 57.8 Å². The summed E-state index contributed by atoms with van der Waals surface area (Å²) in [6.45, 7) is 1.85. The second-order valence-corrected chi connectivity index (χ2v) is 10.1. The first-order valence-electron chi connectivity index (χ1n) is 11.1. The number of hydrogen-bond donors (Lipinski definition) is 2. The highest BCUT2D eigenvalue weighted by molar-refractivity contribution is 7.99. The van der Waals surface area contributed by atoms with Gasteiger partial charge in [-0.1, -0.05) is 48.5 Å².